The summed E-state index contributed by atoms with van der Waals surface area (Å²) >= 11 is 0. The van der Waals surface area contributed by atoms with E-state index in [0.29, 0.717) is 18.7 Å². The molecule has 0 bridgehead atoms. The Balaban J connectivity index is 1.75. The molecule has 1 atom stereocenters. The minimum absolute atomic E-state index is 0.194. The van der Waals surface area contributed by atoms with Gasteiger partial charge in [-0.05, 0) is 61.2 Å². The van der Waals surface area contributed by atoms with Crippen LogP contribution in [0.15, 0.2) is 48.5 Å². The number of carbonyl (C=O) groups is 1. The maximum absolute atomic E-state index is 12.9. The Kier molecular flexibility index (Phi) is 6.73. The topological polar surface area (TPSA) is 38.3 Å². The van der Waals surface area contributed by atoms with Crippen LogP contribution in [0.2, 0.25) is 0 Å². The third-order valence-electron chi connectivity index (χ3n) is 3.61. The minimum Gasteiger partial charge on any atom is -0.481 e. The van der Waals surface area contributed by atoms with Crippen LogP contribution < -0.4 is 10.1 Å². The fourth-order valence-corrected chi connectivity index (χ4v) is 2.27. The first kappa shape index (κ1) is 17.9. The molecule has 0 aliphatic heterocycles. The Morgan fingerprint density at radius 3 is 2.21 bits per heavy atom. The van der Waals surface area contributed by atoms with Crippen LogP contribution in [0.25, 0.3) is 0 Å². The van der Waals surface area contributed by atoms with Crippen molar-refractivity contribution < 1.29 is 18.3 Å². The predicted octanol–water partition coefficient (Wildman–Crippen LogP) is 3.87. The number of ether oxygens (including phenoxy) is 1. The summed E-state index contributed by atoms with van der Waals surface area (Å²) in [6.07, 6.45) is 1.42. The Labute approximate surface area is 140 Å². The first-order valence-corrected chi connectivity index (χ1v) is 8.03. The van der Waals surface area contributed by atoms with Crippen LogP contribution in [0.4, 0.5) is 8.78 Å². The van der Waals surface area contributed by atoms with E-state index in [0.717, 1.165) is 18.4 Å². The molecule has 5 heteroatoms. The summed E-state index contributed by atoms with van der Waals surface area (Å²) in [5, 5.41) is 2.83. The molecule has 0 aromatic heterocycles. The fourth-order valence-electron chi connectivity index (χ4n) is 2.27. The van der Waals surface area contributed by atoms with Crippen molar-refractivity contribution in [3.05, 3.63) is 65.7 Å². The van der Waals surface area contributed by atoms with E-state index in [2.05, 4.69) is 5.32 Å². The first-order chi connectivity index (χ1) is 11.6. The van der Waals surface area contributed by atoms with Crippen LogP contribution in [0.3, 0.4) is 0 Å². The van der Waals surface area contributed by atoms with Gasteiger partial charge in [0.2, 0.25) is 0 Å². The van der Waals surface area contributed by atoms with Crippen LogP contribution in [0.5, 0.6) is 5.75 Å². The second-order valence-corrected chi connectivity index (χ2v) is 5.49. The van der Waals surface area contributed by atoms with E-state index >= 15 is 0 Å². The number of halogens is 2. The second-order valence-electron chi connectivity index (χ2n) is 5.49. The summed E-state index contributed by atoms with van der Waals surface area (Å²) in [6, 6.07) is 11.9. The molecule has 1 unspecified atom stereocenters. The second kappa shape index (κ2) is 9.01. The van der Waals surface area contributed by atoms with E-state index in [1.807, 2.05) is 6.92 Å². The highest BCUT2D eigenvalue weighted by atomic mass is 19.1. The third-order valence-corrected chi connectivity index (χ3v) is 3.61. The molecule has 0 saturated carbocycles. The van der Waals surface area contributed by atoms with Gasteiger partial charge >= 0.3 is 0 Å². The molecule has 128 valence electrons. The van der Waals surface area contributed by atoms with Gasteiger partial charge in [0.15, 0.2) is 6.10 Å². The summed E-state index contributed by atoms with van der Waals surface area (Å²) in [4.78, 5) is 12.1. The minimum atomic E-state index is -0.610. The zero-order chi connectivity index (χ0) is 17.4. The molecule has 24 heavy (non-hydrogen) atoms. The van der Waals surface area contributed by atoms with Gasteiger partial charge in [-0.15, -0.1) is 0 Å². The third kappa shape index (κ3) is 5.65. The number of benzene rings is 2. The van der Waals surface area contributed by atoms with Crippen molar-refractivity contribution in [1.82, 2.24) is 5.32 Å². The molecule has 1 amide bonds. The Morgan fingerprint density at radius 2 is 1.62 bits per heavy atom. The number of amides is 1. The van der Waals surface area contributed by atoms with Crippen LogP contribution in [-0.4, -0.2) is 18.6 Å². The lowest BCUT2D eigenvalue weighted by Gasteiger charge is -2.17. The highest BCUT2D eigenvalue weighted by molar-refractivity contribution is 5.81. The fraction of sp³-hybridized carbons (Fsp3) is 0.316. The lowest BCUT2D eigenvalue weighted by Crippen LogP contribution is -2.38. The van der Waals surface area contributed by atoms with Gasteiger partial charge in [-0.2, -0.15) is 0 Å². The number of aryl methyl sites for hydroxylation is 1. The normalized spacial score (nSPS) is 11.8. The number of hydrogen-bond acceptors (Lipinski definition) is 2. The van der Waals surface area contributed by atoms with Crippen LogP contribution in [-0.2, 0) is 11.2 Å². The molecular weight excluding hydrogens is 312 g/mol. The molecule has 0 radical (unpaired) electrons. The number of nitrogens with one attached hydrogen (secondary N) is 1. The van der Waals surface area contributed by atoms with Gasteiger partial charge in [-0.25, -0.2) is 8.78 Å². The Bertz CT molecular complexity index is 641. The molecule has 0 fully saturated rings. The van der Waals surface area contributed by atoms with E-state index in [4.69, 9.17) is 4.74 Å². The van der Waals surface area contributed by atoms with Crippen LogP contribution in [0, 0.1) is 11.6 Å². The van der Waals surface area contributed by atoms with Crippen molar-refractivity contribution in [2.24, 2.45) is 0 Å². The number of hydrogen-bond donors (Lipinski definition) is 1. The van der Waals surface area contributed by atoms with Crippen LogP contribution >= 0.6 is 0 Å². The average Bonchev–Trinajstić information content (AvgIpc) is 2.59. The molecule has 1 N–H and O–H groups in total. The van der Waals surface area contributed by atoms with E-state index in [1.165, 1.54) is 36.4 Å². The summed E-state index contributed by atoms with van der Waals surface area (Å²) < 4.78 is 31.3. The molecule has 2 aromatic carbocycles. The van der Waals surface area contributed by atoms with Gasteiger partial charge in [0.1, 0.15) is 17.4 Å². The lowest BCUT2D eigenvalue weighted by molar-refractivity contribution is -0.128. The highest BCUT2D eigenvalue weighted by Crippen LogP contribution is 2.14. The monoisotopic (exact) mass is 333 g/mol. The van der Waals surface area contributed by atoms with Gasteiger partial charge in [0.25, 0.3) is 5.91 Å². The standard InChI is InChI=1S/C19H21F2NO2/c1-2-18(24-17-11-9-16(21)10-12-17)19(23)22-13-3-4-14-5-7-15(20)8-6-14/h5-12,18H,2-4,13H2,1H3,(H,22,23). The molecule has 2 aromatic rings. The van der Waals surface area contributed by atoms with Crippen LogP contribution in [0.1, 0.15) is 25.3 Å². The molecule has 0 heterocycles. The summed E-state index contributed by atoms with van der Waals surface area (Å²) in [5.74, 6) is -0.331. The maximum Gasteiger partial charge on any atom is 0.261 e. The van der Waals surface area contributed by atoms with Crippen molar-refractivity contribution in [1.29, 1.82) is 0 Å². The Morgan fingerprint density at radius 1 is 1.04 bits per heavy atom. The van der Waals surface area contributed by atoms with Crippen molar-refractivity contribution in [2.75, 3.05) is 6.54 Å². The van der Waals surface area contributed by atoms with Crippen molar-refractivity contribution in [3.63, 3.8) is 0 Å². The number of carbonyl (C=O) groups excluding carboxylic acids is 1. The van der Waals surface area contributed by atoms with Gasteiger partial charge in [0, 0.05) is 6.54 Å². The first-order valence-electron chi connectivity index (χ1n) is 8.03. The van der Waals surface area contributed by atoms with Crippen molar-refractivity contribution in [2.45, 2.75) is 32.3 Å². The number of rotatable bonds is 8. The molecule has 3 nitrogen and oxygen atoms in total. The summed E-state index contributed by atoms with van der Waals surface area (Å²) in [5.41, 5.74) is 1.03. The molecule has 0 aliphatic rings. The van der Waals surface area contributed by atoms with E-state index in [1.54, 1.807) is 12.1 Å². The smallest absolute Gasteiger partial charge is 0.261 e. The summed E-state index contributed by atoms with van der Waals surface area (Å²) in [7, 11) is 0. The largest absolute Gasteiger partial charge is 0.481 e. The van der Waals surface area contributed by atoms with Gasteiger partial charge in [-0.1, -0.05) is 19.1 Å². The predicted molar refractivity (Wildman–Crippen MR) is 88.8 cm³/mol. The van der Waals surface area contributed by atoms with Crippen molar-refractivity contribution >= 4 is 5.91 Å². The highest BCUT2D eigenvalue weighted by Gasteiger charge is 2.17. The van der Waals surface area contributed by atoms with Gasteiger partial charge in [0.05, 0.1) is 0 Å². The zero-order valence-corrected chi connectivity index (χ0v) is 13.6. The zero-order valence-electron chi connectivity index (χ0n) is 13.6. The lowest BCUT2D eigenvalue weighted by atomic mass is 10.1. The Hall–Kier alpha value is -2.43. The quantitative estimate of drug-likeness (QED) is 0.745. The van der Waals surface area contributed by atoms with Gasteiger partial charge in [-0.3, -0.25) is 4.79 Å². The van der Waals surface area contributed by atoms with Gasteiger partial charge < -0.3 is 10.1 Å². The van der Waals surface area contributed by atoms with E-state index in [-0.39, 0.29) is 17.5 Å². The maximum atomic E-state index is 12.9. The molecule has 0 saturated heterocycles. The molecule has 0 spiro atoms. The van der Waals surface area contributed by atoms with E-state index < -0.39 is 6.10 Å². The average molecular weight is 333 g/mol. The molecular formula is C19H21F2NO2. The van der Waals surface area contributed by atoms with Crippen molar-refractivity contribution in [3.8, 4) is 5.75 Å². The summed E-state index contributed by atoms with van der Waals surface area (Å²) in [6.45, 7) is 2.37. The molecule has 2 rings (SSSR count). The molecule has 0 aliphatic carbocycles. The van der Waals surface area contributed by atoms with E-state index in [9.17, 15) is 13.6 Å². The SMILES string of the molecule is CCC(Oc1ccc(F)cc1)C(=O)NCCCc1ccc(F)cc1.